The second-order valence-electron chi connectivity index (χ2n) is 3.15. The molecule has 2 aromatic heterocycles. The van der Waals surface area contributed by atoms with Gasteiger partial charge in [0.25, 0.3) is 0 Å². The van der Waals surface area contributed by atoms with E-state index in [4.69, 9.17) is 0 Å². The maximum absolute atomic E-state index is 11.0. The van der Waals surface area contributed by atoms with Crippen molar-refractivity contribution in [1.29, 1.82) is 0 Å². The molecule has 0 aliphatic rings. The van der Waals surface area contributed by atoms with Crippen LogP contribution in [0.15, 0.2) is 17.6 Å². The minimum atomic E-state index is 0.00991. The lowest BCUT2D eigenvalue weighted by molar-refractivity contribution is 0.101. The second-order valence-corrected chi connectivity index (χ2v) is 4.26. The Labute approximate surface area is 85.8 Å². The number of thiophene rings is 1. The van der Waals surface area contributed by atoms with Gasteiger partial charge in [-0.25, -0.2) is 4.98 Å². The van der Waals surface area contributed by atoms with Crippen LogP contribution < -0.4 is 0 Å². The topological polar surface area (TPSA) is 45.8 Å². The SMILES string of the molecule is CC(=O)c1cnc(-c2csc(C)c2)[nH]1. The number of nitrogens with zero attached hydrogens (tertiary/aromatic N) is 1. The number of hydrogen-bond acceptors (Lipinski definition) is 3. The molecule has 2 rings (SSSR count). The molecule has 0 bridgehead atoms. The molecule has 14 heavy (non-hydrogen) atoms. The summed E-state index contributed by atoms with van der Waals surface area (Å²) in [5, 5.41) is 2.03. The van der Waals surface area contributed by atoms with Crippen molar-refractivity contribution in [3.8, 4) is 11.4 Å². The highest BCUT2D eigenvalue weighted by atomic mass is 32.1. The Morgan fingerprint density at radius 3 is 2.86 bits per heavy atom. The normalized spacial score (nSPS) is 10.4. The van der Waals surface area contributed by atoms with E-state index < -0.39 is 0 Å². The zero-order valence-corrected chi connectivity index (χ0v) is 8.81. The first-order valence-electron chi connectivity index (χ1n) is 4.28. The van der Waals surface area contributed by atoms with E-state index in [-0.39, 0.29) is 5.78 Å². The van der Waals surface area contributed by atoms with Gasteiger partial charge < -0.3 is 4.98 Å². The maximum Gasteiger partial charge on any atom is 0.177 e. The van der Waals surface area contributed by atoms with E-state index in [0.717, 1.165) is 11.4 Å². The fourth-order valence-corrected chi connectivity index (χ4v) is 1.90. The van der Waals surface area contributed by atoms with Crippen LogP contribution in [0.1, 0.15) is 22.3 Å². The number of rotatable bonds is 2. The molecule has 0 aliphatic carbocycles. The van der Waals surface area contributed by atoms with Gasteiger partial charge in [-0.3, -0.25) is 4.79 Å². The largest absolute Gasteiger partial charge is 0.336 e. The Balaban J connectivity index is 2.38. The van der Waals surface area contributed by atoms with Crippen LogP contribution in [0.25, 0.3) is 11.4 Å². The number of nitrogens with one attached hydrogen (secondary N) is 1. The second kappa shape index (κ2) is 3.38. The number of ketones is 1. The van der Waals surface area contributed by atoms with Gasteiger partial charge in [0.1, 0.15) is 11.5 Å². The fourth-order valence-electron chi connectivity index (χ4n) is 1.21. The van der Waals surface area contributed by atoms with E-state index in [1.165, 1.54) is 11.8 Å². The molecule has 0 aliphatic heterocycles. The first-order chi connectivity index (χ1) is 6.66. The molecule has 4 heteroatoms. The van der Waals surface area contributed by atoms with Crippen molar-refractivity contribution in [2.75, 3.05) is 0 Å². The molecule has 0 amide bonds. The highest BCUT2D eigenvalue weighted by Gasteiger charge is 2.07. The summed E-state index contributed by atoms with van der Waals surface area (Å²) >= 11 is 1.67. The number of carbonyl (C=O) groups excluding carboxylic acids is 1. The third-order valence-corrected chi connectivity index (χ3v) is 2.82. The lowest BCUT2D eigenvalue weighted by atomic mass is 10.3. The van der Waals surface area contributed by atoms with Gasteiger partial charge in [0.05, 0.1) is 6.20 Å². The zero-order valence-electron chi connectivity index (χ0n) is 8.00. The predicted octanol–water partition coefficient (Wildman–Crippen LogP) is 2.65. The zero-order chi connectivity index (χ0) is 10.1. The van der Waals surface area contributed by atoms with Crippen molar-refractivity contribution in [3.05, 3.63) is 28.2 Å². The van der Waals surface area contributed by atoms with E-state index in [1.54, 1.807) is 17.5 Å². The van der Waals surface area contributed by atoms with E-state index in [2.05, 4.69) is 9.97 Å². The molecule has 0 saturated heterocycles. The van der Waals surface area contributed by atoms with E-state index in [0.29, 0.717) is 5.69 Å². The summed E-state index contributed by atoms with van der Waals surface area (Å²) in [5.41, 5.74) is 1.60. The number of aromatic nitrogens is 2. The molecule has 0 radical (unpaired) electrons. The molecule has 0 fully saturated rings. The van der Waals surface area contributed by atoms with Crippen molar-refractivity contribution >= 4 is 17.1 Å². The Kier molecular flexibility index (Phi) is 2.21. The number of carbonyl (C=O) groups is 1. The van der Waals surface area contributed by atoms with Gasteiger partial charge >= 0.3 is 0 Å². The van der Waals surface area contributed by atoms with Crippen LogP contribution in [0.3, 0.4) is 0 Å². The summed E-state index contributed by atoms with van der Waals surface area (Å²) < 4.78 is 0. The van der Waals surface area contributed by atoms with Gasteiger partial charge in [-0.15, -0.1) is 11.3 Å². The van der Waals surface area contributed by atoms with Gasteiger partial charge in [-0.05, 0) is 13.0 Å². The van der Waals surface area contributed by atoms with Crippen LogP contribution in [0, 0.1) is 6.92 Å². The van der Waals surface area contributed by atoms with E-state index in [9.17, 15) is 4.79 Å². The average molecular weight is 206 g/mol. The number of H-pyrrole nitrogens is 1. The summed E-state index contributed by atoms with van der Waals surface area (Å²) in [6, 6.07) is 2.05. The monoisotopic (exact) mass is 206 g/mol. The molecule has 2 heterocycles. The predicted molar refractivity (Wildman–Crippen MR) is 56.6 cm³/mol. The highest BCUT2D eigenvalue weighted by molar-refractivity contribution is 7.10. The van der Waals surface area contributed by atoms with Crippen LogP contribution in [0.5, 0.6) is 0 Å². The van der Waals surface area contributed by atoms with Crippen molar-refractivity contribution < 1.29 is 4.79 Å². The fraction of sp³-hybridized carbons (Fsp3) is 0.200. The lowest BCUT2D eigenvalue weighted by Gasteiger charge is -1.89. The first-order valence-corrected chi connectivity index (χ1v) is 5.16. The number of Topliss-reactive ketones (excluding diaryl/α,β-unsaturated/α-hetero) is 1. The average Bonchev–Trinajstić information content (AvgIpc) is 2.70. The van der Waals surface area contributed by atoms with Crippen LogP contribution in [0.2, 0.25) is 0 Å². The van der Waals surface area contributed by atoms with Crippen molar-refractivity contribution in [2.24, 2.45) is 0 Å². The van der Waals surface area contributed by atoms with Crippen molar-refractivity contribution in [2.45, 2.75) is 13.8 Å². The smallest absolute Gasteiger partial charge is 0.177 e. The molecule has 2 aromatic rings. The molecule has 0 atom stereocenters. The third kappa shape index (κ3) is 1.61. The standard InChI is InChI=1S/C10H10N2OS/c1-6-3-8(5-14-6)10-11-4-9(12-10)7(2)13/h3-5H,1-2H3,(H,11,12). The van der Waals surface area contributed by atoms with E-state index in [1.807, 2.05) is 18.4 Å². The van der Waals surface area contributed by atoms with Gasteiger partial charge in [0.15, 0.2) is 5.78 Å². The highest BCUT2D eigenvalue weighted by Crippen LogP contribution is 2.22. The Bertz CT molecular complexity index is 470. The maximum atomic E-state index is 11.0. The summed E-state index contributed by atoms with van der Waals surface area (Å²) in [5.74, 6) is 0.773. The molecule has 1 N–H and O–H groups in total. The lowest BCUT2D eigenvalue weighted by Crippen LogP contribution is -1.90. The molecule has 0 saturated carbocycles. The molecule has 0 unspecified atom stereocenters. The van der Waals surface area contributed by atoms with Crippen LogP contribution >= 0.6 is 11.3 Å². The summed E-state index contributed by atoms with van der Waals surface area (Å²) in [4.78, 5) is 19.4. The number of imidazole rings is 1. The molecule has 0 aromatic carbocycles. The van der Waals surface area contributed by atoms with Crippen molar-refractivity contribution in [1.82, 2.24) is 9.97 Å². The Morgan fingerprint density at radius 2 is 2.36 bits per heavy atom. The Hall–Kier alpha value is -1.42. The molecular weight excluding hydrogens is 196 g/mol. The molecule has 72 valence electrons. The minimum Gasteiger partial charge on any atom is -0.336 e. The van der Waals surface area contributed by atoms with Crippen LogP contribution in [-0.2, 0) is 0 Å². The van der Waals surface area contributed by atoms with Crippen LogP contribution in [0.4, 0.5) is 0 Å². The molecular formula is C10H10N2OS. The third-order valence-electron chi connectivity index (χ3n) is 1.96. The summed E-state index contributed by atoms with van der Waals surface area (Å²) in [6.07, 6.45) is 1.57. The molecule has 0 spiro atoms. The Morgan fingerprint density at radius 1 is 1.57 bits per heavy atom. The van der Waals surface area contributed by atoms with Gasteiger partial charge in [-0.1, -0.05) is 0 Å². The molecule has 3 nitrogen and oxygen atoms in total. The van der Waals surface area contributed by atoms with Crippen molar-refractivity contribution in [3.63, 3.8) is 0 Å². The van der Waals surface area contributed by atoms with Gasteiger partial charge in [0, 0.05) is 22.7 Å². The number of aryl methyl sites for hydroxylation is 1. The first kappa shape index (κ1) is 9.15. The number of hydrogen-bond donors (Lipinski definition) is 1. The quantitative estimate of drug-likeness (QED) is 0.768. The van der Waals surface area contributed by atoms with Crippen LogP contribution in [-0.4, -0.2) is 15.8 Å². The van der Waals surface area contributed by atoms with Gasteiger partial charge in [0.2, 0.25) is 0 Å². The van der Waals surface area contributed by atoms with E-state index >= 15 is 0 Å². The summed E-state index contributed by atoms with van der Waals surface area (Å²) in [6.45, 7) is 3.57. The minimum absolute atomic E-state index is 0.00991. The van der Waals surface area contributed by atoms with Gasteiger partial charge in [-0.2, -0.15) is 0 Å². The number of aromatic amines is 1. The summed E-state index contributed by atoms with van der Waals surface area (Å²) in [7, 11) is 0.